The zero-order chi connectivity index (χ0) is 19.3. The molecule has 8 nitrogen and oxygen atoms in total. The van der Waals surface area contributed by atoms with Crippen LogP contribution in [0, 0.1) is 0 Å². The standard InChI is InChI=1S/C17H21NO7S/c1-9(19)18-13-14(25-16(21)11-6-4-3-5-7-11)15(26)12(24-17(13)22)8-23-10(2)20/h3-7,12-15,17,22,26H,8H2,1-2H3,(H,18,19)/t12-,13-,14-,15-,17+/m1/s1. The third-order valence-electron chi connectivity index (χ3n) is 3.77. The number of aliphatic hydroxyl groups excluding tert-OH is 1. The number of esters is 2. The molecule has 1 saturated heterocycles. The van der Waals surface area contributed by atoms with Crippen molar-refractivity contribution < 1.29 is 33.7 Å². The summed E-state index contributed by atoms with van der Waals surface area (Å²) in [6.07, 6.45) is -3.29. The average Bonchev–Trinajstić information content (AvgIpc) is 2.59. The molecule has 5 atom stereocenters. The molecule has 142 valence electrons. The molecule has 0 bridgehead atoms. The number of rotatable bonds is 5. The molecule has 0 unspecified atom stereocenters. The van der Waals surface area contributed by atoms with Crippen molar-refractivity contribution in [2.75, 3.05) is 6.61 Å². The lowest BCUT2D eigenvalue weighted by molar-refractivity contribution is -0.214. The summed E-state index contributed by atoms with van der Waals surface area (Å²) in [6.45, 7) is 2.33. The Bertz CT molecular complexity index is 654. The van der Waals surface area contributed by atoms with Crippen molar-refractivity contribution >= 4 is 30.5 Å². The van der Waals surface area contributed by atoms with E-state index in [1.54, 1.807) is 30.3 Å². The lowest BCUT2D eigenvalue weighted by Crippen LogP contribution is -2.63. The van der Waals surface area contributed by atoms with Crippen LogP contribution in [0.25, 0.3) is 0 Å². The first-order valence-corrected chi connectivity index (χ1v) is 8.49. The van der Waals surface area contributed by atoms with Gasteiger partial charge in [0.05, 0.1) is 10.8 Å². The highest BCUT2D eigenvalue weighted by atomic mass is 32.1. The summed E-state index contributed by atoms with van der Waals surface area (Å²) in [7, 11) is 0. The van der Waals surface area contributed by atoms with Gasteiger partial charge in [-0.2, -0.15) is 12.6 Å². The number of carbonyl (C=O) groups excluding carboxylic acids is 3. The van der Waals surface area contributed by atoms with E-state index in [9.17, 15) is 19.5 Å². The van der Waals surface area contributed by atoms with E-state index in [1.165, 1.54) is 13.8 Å². The largest absolute Gasteiger partial charge is 0.463 e. The van der Waals surface area contributed by atoms with Crippen LogP contribution in [0.5, 0.6) is 0 Å². The predicted molar refractivity (Wildman–Crippen MR) is 93.5 cm³/mol. The highest BCUT2D eigenvalue weighted by Gasteiger charge is 2.47. The molecule has 1 heterocycles. The van der Waals surface area contributed by atoms with Gasteiger partial charge in [-0.25, -0.2) is 4.79 Å². The number of thiol groups is 1. The fourth-order valence-electron chi connectivity index (χ4n) is 2.56. The van der Waals surface area contributed by atoms with Crippen molar-refractivity contribution in [3.8, 4) is 0 Å². The molecule has 1 aromatic carbocycles. The molecule has 2 N–H and O–H groups in total. The van der Waals surface area contributed by atoms with Crippen LogP contribution < -0.4 is 5.32 Å². The minimum atomic E-state index is -1.46. The Morgan fingerprint density at radius 2 is 1.88 bits per heavy atom. The Morgan fingerprint density at radius 3 is 2.46 bits per heavy atom. The third kappa shape index (κ3) is 5.20. The van der Waals surface area contributed by atoms with Gasteiger partial charge in [0.15, 0.2) is 6.29 Å². The topological polar surface area (TPSA) is 111 Å². The number of nitrogens with one attached hydrogen (secondary N) is 1. The SMILES string of the molecule is CC(=O)N[C@@H]1[C@@H](OC(=O)c2ccccc2)[C@H](S)[C@@H](COC(C)=O)O[C@@H]1O. The molecule has 0 spiro atoms. The van der Waals surface area contributed by atoms with Crippen molar-refractivity contribution in [2.24, 2.45) is 0 Å². The summed E-state index contributed by atoms with van der Waals surface area (Å²) in [6, 6.07) is 7.26. The van der Waals surface area contributed by atoms with Crippen LogP contribution in [-0.4, -0.2) is 59.3 Å². The van der Waals surface area contributed by atoms with Gasteiger partial charge in [0.1, 0.15) is 24.9 Å². The molecule has 9 heteroatoms. The van der Waals surface area contributed by atoms with Gasteiger partial charge < -0.3 is 24.6 Å². The van der Waals surface area contributed by atoms with Gasteiger partial charge in [-0.05, 0) is 12.1 Å². The van der Waals surface area contributed by atoms with Gasteiger partial charge in [0, 0.05) is 13.8 Å². The Hall–Kier alpha value is -2.10. The summed E-state index contributed by atoms with van der Waals surface area (Å²) in [5.41, 5.74) is 0.312. The molecule has 0 aliphatic carbocycles. The van der Waals surface area contributed by atoms with Crippen LogP contribution in [0.2, 0.25) is 0 Å². The van der Waals surface area contributed by atoms with E-state index in [1.807, 2.05) is 0 Å². The summed E-state index contributed by atoms with van der Waals surface area (Å²) in [5.74, 6) is -1.59. The minimum Gasteiger partial charge on any atom is -0.463 e. The van der Waals surface area contributed by atoms with Crippen LogP contribution in [-0.2, 0) is 23.8 Å². The number of benzene rings is 1. The van der Waals surface area contributed by atoms with E-state index >= 15 is 0 Å². The highest BCUT2D eigenvalue weighted by Crippen LogP contribution is 2.27. The first kappa shape index (κ1) is 20.2. The van der Waals surface area contributed by atoms with Crippen LogP contribution in [0.15, 0.2) is 30.3 Å². The number of ether oxygens (including phenoxy) is 3. The maximum absolute atomic E-state index is 12.4. The molecular formula is C17H21NO7S. The lowest BCUT2D eigenvalue weighted by Gasteiger charge is -2.42. The molecule has 0 aromatic heterocycles. The zero-order valence-corrected chi connectivity index (χ0v) is 15.2. The van der Waals surface area contributed by atoms with Crippen molar-refractivity contribution in [1.29, 1.82) is 0 Å². The fraction of sp³-hybridized carbons (Fsp3) is 0.471. The number of amides is 1. The highest BCUT2D eigenvalue weighted by molar-refractivity contribution is 7.81. The smallest absolute Gasteiger partial charge is 0.338 e. The molecule has 1 aromatic rings. The summed E-state index contributed by atoms with van der Waals surface area (Å²) in [4.78, 5) is 34.9. The summed E-state index contributed by atoms with van der Waals surface area (Å²) in [5, 5.41) is 12.0. The predicted octanol–water partition coefficient (Wildman–Crippen LogP) is 0.295. The first-order valence-electron chi connectivity index (χ1n) is 7.97. The normalized spacial score (nSPS) is 28.1. The maximum atomic E-state index is 12.4. The second-order valence-electron chi connectivity index (χ2n) is 5.82. The molecule has 0 radical (unpaired) electrons. The Labute approximate surface area is 156 Å². The van der Waals surface area contributed by atoms with Gasteiger partial charge >= 0.3 is 11.9 Å². The molecule has 0 saturated carbocycles. The Morgan fingerprint density at radius 1 is 1.23 bits per heavy atom. The number of aliphatic hydroxyl groups is 1. The summed E-state index contributed by atoms with van der Waals surface area (Å²) >= 11 is 4.41. The quantitative estimate of drug-likeness (QED) is 0.495. The molecule has 1 aliphatic heterocycles. The Kier molecular flexibility index (Phi) is 7.01. The van der Waals surface area contributed by atoms with Gasteiger partial charge in [-0.3, -0.25) is 9.59 Å². The van der Waals surface area contributed by atoms with Gasteiger partial charge in [-0.1, -0.05) is 18.2 Å². The number of hydrogen-bond acceptors (Lipinski definition) is 8. The van der Waals surface area contributed by atoms with Crippen LogP contribution in [0.3, 0.4) is 0 Å². The average molecular weight is 383 g/mol. The molecule has 2 rings (SSSR count). The van der Waals surface area contributed by atoms with Crippen molar-refractivity contribution in [3.63, 3.8) is 0 Å². The lowest BCUT2D eigenvalue weighted by atomic mass is 9.99. The maximum Gasteiger partial charge on any atom is 0.338 e. The molecule has 1 fully saturated rings. The number of carbonyl (C=O) groups is 3. The monoisotopic (exact) mass is 383 g/mol. The minimum absolute atomic E-state index is 0.174. The first-order chi connectivity index (χ1) is 12.3. The van der Waals surface area contributed by atoms with E-state index < -0.39 is 47.6 Å². The zero-order valence-electron chi connectivity index (χ0n) is 14.3. The van der Waals surface area contributed by atoms with E-state index in [0.717, 1.165) is 0 Å². The van der Waals surface area contributed by atoms with Crippen molar-refractivity contribution in [1.82, 2.24) is 5.32 Å². The van der Waals surface area contributed by atoms with Gasteiger partial charge in [0.2, 0.25) is 5.91 Å². The van der Waals surface area contributed by atoms with Crippen LogP contribution in [0.1, 0.15) is 24.2 Å². The number of hydrogen-bond donors (Lipinski definition) is 3. The van der Waals surface area contributed by atoms with Crippen molar-refractivity contribution in [2.45, 2.75) is 43.6 Å². The third-order valence-corrected chi connectivity index (χ3v) is 4.39. The second kappa shape index (κ2) is 9.02. The van der Waals surface area contributed by atoms with Crippen molar-refractivity contribution in [3.05, 3.63) is 35.9 Å². The van der Waals surface area contributed by atoms with E-state index in [2.05, 4.69) is 17.9 Å². The van der Waals surface area contributed by atoms with Gasteiger partial charge in [0.25, 0.3) is 0 Å². The van der Waals surface area contributed by atoms with E-state index in [0.29, 0.717) is 5.56 Å². The fourth-order valence-corrected chi connectivity index (χ4v) is 2.97. The molecule has 1 amide bonds. The summed E-state index contributed by atoms with van der Waals surface area (Å²) < 4.78 is 15.8. The second-order valence-corrected chi connectivity index (χ2v) is 6.42. The van der Waals surface area contributed by atoms with E-state index in [4.69, 9.17) is 14.2 Å². The van der Waals surface area contributed by atoms with Crippen LogP contribution >= 0.6 is 12.6 Å². The van der Waals surface area contributed by atoms with Crippen LogP contribution in [0.4, 0.5) is 0 Å². The molecule has 1 aliphatic rings. The molecule has 26 heavy (non-hydrogen) atoms. The van der Waals surface area contributed by atoms with Gasteiger partial charge in [-0.15, -0.1) is 0 Å². The molecular weight excluding hydrogens is 362 g/mol. The van der Waals surface area contributed by atoms with E-state index in [-0.39, 0.29) is 6.61 Å². The Balaban J connectivity index is 2.20.